The molecule has 0 spiro atoms. The molecule has 1 aromatic heterocycles. The van der Waals surface area contributed by atoms with Crippen LogP contribution in [0.25, 0.3) is 22.4 Å². The van der Waals surface area contributed by atoms with E-state index in [-0.39, 0.29) is 10.6 Å². The molecule has 0 aliphatic carbocycles. The van der Waals surface area contributed by atoms with Crippen LogP contribution in [-0.4, -0.2) is 17.0 Å². The molecule has 23 heavy (non-hydrogen) atoms. The summed E-state index contributed by atoms with van der Waals surface area (Å²) in [6.07, 6.45) is 3.70. The Morgan fingerprint density at radius 3 is 2.78 bits per heavy atom. The fourth-order valence-corrected chi connectivity index (χ4v) is 3.11. The predicted octanol–water partition coefficient (Wildman–Crippen LogP) is 4.69. The molecule has 0 bridgehead atoms. The Bertz CT molecular complexity index is 915. The van der Waals surface area contributed by atoms with Crippen LogP contribution in [0.1, 0.15) is 16.1 Å². The lowest BCUT2D eigenvalue weighted by molar-refractivity contribution is -0.385. The van der Waals surface area contributed by atoms with Gasteiger partial charge in [0.1, 0.15) is 10.8 Å². The second-order valence-electron chi connectivity index (χ2n) is 5.02. The maximum Gasteiger partial charge on any atom is 0.272 e. The molecule has 0 saturated carbocycles. The van der Waals surface area contributed by atoms with Crippen LogP contribution in [0.3, 0.4) is 0 Å². The Balaban J connectivity index is 1.90. The van der Waals surface area contributed by atoms with Crippen LogP contribution >= 0.6 is 11.3 Å². The number of thiazole rings is 1. The van der Waals surface area contributed by atoms with E-state index >= 15 is 0 Å². The molecule has 2 aromatic carbocycles. The molecular weight excluding hydrogens is 312 g/mol. The molecule has 5 nitrogen and oxygen atoms in total. The van der Waals surface area contributed by atoms with E-state index in [2.05, 4.69) is 4.98 Å². The Morgan fingerprint density at radius 2 is 2.04 bits per heavy atom. The van der Waals surface area contributed by atoms with E-state index < -0.39 is 0 Å². The first kappa shape index (κ1) is 15.2. The standard InChI is InChI=1S/C17H14N2O3S/c1-11-3-4-12(9-15(11)19(20)21)5-8-17-18-14-7-6-13(22-2)10-16(14)23-17/h3-10H,1-2H3/b8-5+. The minimum absolute atomic E-state index is 0.126. The molecule has 116 valence electrons. The van der Waals surface area contributed by atoms with Crippen molar-refractivity contribution in [2.24, 2.45) is 0 Å². The van der Waals surface area contributed by atoms with Crippen molar-refractivity contribution in [1.82, 2.24) is 4.98 Å². The molecule has 0 N–H and O–H groups in total. The molecule has 0 aliphatic rings. The summed E-state index contributed by atoms with van der Waals surface area (Å²) >= 11 is 1.55. The highest BCUT2D eigenvalue weighted by Crippen LogP contribution is 2.27. The molecule has 0 aliphatic heterocycles. The first-order valence-corrected chi connectivity index (χ1v) is 7.76. The molecule has 0 radical (unpaired) electrons. The van der Waals surface area contributed by atoms with Crippen molar-refractivity contribution >= 4 is 39.4 Å². The lowest BCUT2D eigenvalue weighted by atomic mass is 10.1. The third-order valence-corrected chi connectivity index (χ3v) is 4.44. The number of hydrogen-bond donors (Lipinski definition) is 0. The van der Waals surface area contributed by atoms with Crippen molar-refractivity contribution in [1.29, 1.82) is 0 Å². The van der Waals surface area contributed by atoms with Gasteiger partial charge in [0.15, 0.2) is 0 Å². The molecule has 1 heterocycles. The highest BCUT2D eigenvalue weighted by Gasteiger charge is 2.10. The fraction of sp³-hybridized carbons (Fsp3) is 0.118. The first-order valence-electron chi connectivity index (χ1n) is 6.94. The van der Waals surface area contributed by atoms with Crippen LogP contribution in [0.2, 0.25) is 0 Å². The van der Waals surface area contributed by atoms with E-state index in [4.69, 9.17) is 4.74 Å². The number of aryl methyl sites for hydroxylation is 1. The zero-order chi connectivity index (χ0) is 16.4. The van der Waals surface area contributed by atoms with Crippen LogP contribution in [-0.2, 0) is 0 Å². The zero-order valence-electron chi connectivity index (χ0n) is 12.6. The SMILES string of the molecule is COc1ccc2nc(/C=C/c3ccc(C)c([N+](=O)[O-])c3)sc2c1. The van der Waals surface area contributed by atoms with Gasteiger partial charge >= 0.3 is 0 Å². The maximum atomic E-state index is 11.0. The topological polar surface area (TPSA) is 65.3 Å². The Labute approximate surface area is 137 Å². The zero-order valence-corrected chi connectivity index (χ0v) is 13.5. The van der Waals surface area contributed by atoms with Crippen molar-refractivity contribution in [3.05, 3.63) is 62.6 Å². The van der Waals surface area contributed by atoms with Crippen molar-refractivity contribution in [3.63, 3.8) is 0 Å². The molecule has 6 heteroatoms. The summed E-state index contributed by atoms with van der Waals surface area (Å²) in [6.45, 7) is 1.73. The van der Waals surface area contributed by atoms with Gasteiger partial charge in [-0.3, -0.25) is 10.1 Å². The summed E-state index contributed by atoms with van der Waals surface area (Å²) in [7, 11) is 1.63. The quantitative estimate of drug-likeness (QED) is 0.515. The number of fused-ring (bicyclic) bond motifs is 1. The van der Waals surface area contributed by atoms with Crippen molar-refractivity contribution in [2.45, 2.75) is 6.92 Å². The van der Waals surface area contributed by atoms with Gasteiger partial charge in [0.05, 0.1) is 22.2 Å². The second-order valence-corrected chi connectivity index (χ2v) is 6.08. The molecular formula is C17H14N2O3S. The van der Waals surface area contributed by atoms with Crippen LogP contribution in [0, 0.1) is 17.0 Å². The summed E-state index contributed by atoms with van der Waals surface area (Å²) in [6, 6.07) is 10.9. The molecule has 0 fully saturated rings. The number of ether oxygens (including phenoxy) is 1. The molecule has 0 amide bonds. The average Bonchev–Trinajstić information content (AvgIpc) is 2.95. The van der Waals surface area contributed by atoms with Gasteiger partial charge in [-0.15, -0.1) is 11.3 Å². The van der Waals surface area contributed by atoms with Crippen LogP contribution in [0.5, 0.6) is 5.75 Å². The van der Waals surface area contributed by atoms with Gasteiger partial charge in [-0.05, 0) is 36.8 Å². The fourth-order valence-electron chi connectivity index (χ4n) is 2.22. The minimum Gasteiger partial charge on any atom is -0.497 e. The van der Waals surface area contributed by atoms with E-state index in [1.54, 1.807) is 37.5 Å². The number of benzene rings is 2. The number of nitro groups is 1. The third-order valence-electron chi connectivity index (χ3n) is 3.46. The lowest BCUT2D eigenvalue weighted by Gasteiger charge is -1.98. The largest absolute Gasteiger partial charge is 0.497 e. The highest BCUT2D eigenvalue weighted by atomic mass is 32.1. The molecule has 3 aromatic rings. The smallest absolute Gasteiger partial charge is 0.272 e. The number of methoxy groups -OCH3 is 1. The van der Waals surface area contributed by atoms with Crippen LogP contribution in [0.15, 0.2) is 36.4 Å². The van der Waals surface area contributed by atoms with Gasteiger partial charge in [0.25, 0.3) is 5.69 Å². The predicted molar refractivity (Wildman–Crippen MR) is 92.9 cm³/mol. The van der Waals surface area contributed by atoms with E-state index in [0.717, 1.165) is 26.5 Å². The van der Waals surface area contributed by atoms with E-state index in [1.165, 1.54) is 0 Å². The van der Waals surface area contributed by atoms with E-state index in [1.807, 2.05) is 36.4 Å². The maximum absolute atomic E-state index is 11.0. The van der Waals surface area contributed by atoms with Gasteiger partial charge in [0, 0.05) is 11.6 Å². The summed E-state index contributed by atoms with van der Waals surface area (Å²) in [5, 5.41) is 11.8. The summed E-state index contributed by atoms with van der Waals surface area (Å²) < 4.78 is 6.25. The van der Waals surface area contributed by atoms with Gasteiger partial charge in [-0.2, -0.15) is 0 Å². The van der Waals surface area contributed by atoms with Gasteiger partial charge < -0.3 is 4.74 Å². The number of hydrogen-bond acceptors (Lipinski definition) is 5. The van der Waals surface area contributed by atoms with Gasteiger partial charge in [-0.1, -0.05) is 18.2 Å². The third kappa shape index (κ3) is 3.22. The highest BCUT2D eigenvalue weighted by molar-refractivity contribution is 7.19. The van der Waals surface area contributed by atoms with Crippen molar-refractivity contribution in [2.75, 3.05) is 7.11 Å². The van der Waals surface area contributed by atoms with Crippen molar-refractivity contribution < 1.29 is 9.66 Å². The number of nitro benzene ring substituents is 1. The van der Waals surface area contributed by atoms with Gasteiger partial charge in [0.2, 0.25) is 0 Å². The number of aromatic nitrogens is 1. The lowest BCUT2D eigenvalue weighted by Crippen LogP contribution is -1.91. The monoisotopic (exact) mass is 326 g/mol. The van der Waals surface area contributed by atoms with Gasteiger partial charge in [-0.25, -0.2) is 4.98 Å². The summed E-state index contributed by atoms with van der Waals surface area (Å²) in [5.41, 5.74) is 2.46. The normalized spacial score (nSPS) is 11.2. The van der Waals surface area contributed by atoms with Crippen molar-refractivity contribution in [3.8, 4) is 5.75 Å². The van der Waals surface area contributed by atoms with E-state index in [0.29, 0.717) is 5.56 Å². The summed E-state index contributed by atoms with van der Waals surface area (Å²) in [4.78, 5) is 15.1. The molecule has 0 unspecified atom stereocenters. The first-order chi connectivity index (χ1) is 11.1. The Hall–Kier alpha value is -2.73. The van der Waals surface area contributed by atoms with E-state index in [9.17, 15) is 10.1 Å². The molecule has 0 atom stereocenters. The summed E-state index contributed by atoms with van der Waals surface area (Å²) in [5.74, 6) is 0.797. The molecule has 0 saturated heterocycles. The number of rotatable bonds is 4. The minimum atomic E-state index is -0.364. The Kier molecular flexibility index (Phi) is 4.08. The van der Waals surface area contributed by atoms with Crippen LogP contribution in [0.4, 0.5) is 5.69 Å². The average molecular weight is 326 g/mol. The molecule has 3 rings (SSSR count). The Morgan fingerprint density at radius 1 is 1.22 bits per heavy atom. The van der Waals surface area contributed by atoms with Crippen LogP contribution < -0.4 is 4.74 Å². The number of nitrogens with zero attached hydrogens (tertiary/aromatic N) is 2. The second kappa shape index (κ2) is 6.18.